The molecule has 4 nitrogen and oxygen atoms in total. The fourth-order valence-corrected chi connectivity index (χ4v) is 1.91. The van der Waals surface area contributed by atoms with E-state index in [4.69, 9.17) is 11.6 Å². The van der Waals surface area contributed by atoms with Crippen molar-refractivity contribution in [3.63, 3.8) is 0 Å². The third-order valence-electron chi connectivity index (χ3n) is 2.49. The van der Waals surface area contributed by atoms with Crippen molar-refractivity contribution in [2.24, 2.45) is 5.92 Å². The third kappa shape index (κ3) is 4.08. The number of nitrogens with zero attached hydrogens (tertiary/aromatic N) is 1. The molecule has 1 rings (SSSR count). The second-order valence-corrected chi connectivity index (χ2v) is 4.21. The average molecular weight is 233 g/mol. The van der Waals surface area contributed by atoms with Gasteiger partial charge in [-0.2, -0.15) is 0 Å². The molecule has 0 aromatic heterocycles. The largest absolute Gasteiger partial charge is 0.356 e. The summed E-state index contributed by atoms with van der Waals surface area (Å²) in [6.07, 6.45) is 1.38. The van der Waals surface area contributed by atoms with Gasteiger partial charge in [0, 0.05) is 38.9 Å². The first kappa shape index (κ1) is 12.3. The van der Waals surface area contributed by atoms with Gasteiger partial charge in [-0.25, -0.2) is 0 Å². The topological polar surface area (TPSA) is 49.4 Å². The summed E-state index contributed by atoms with van der Waals surface area (Å²) in [5.74, 6) is 1.01. The second-order valence-electron chi connectivity index (χ2n) is 3.90. The summed E-state index contributed by atoms with van der Waals surface area (Å²) in [5.41, 5.74) is 0. The molecule has 1 unspecified atom stereocenters. The molecule has 2 amide bonds. The molecule has 1 heterocycles. The Morgan fingerprint density at radius 3 is 2.93 bits per heavy atom. The first-order valence-electron chi connectivity index (χ1n) is 5.21. The molecule has 0 radical (unpaired) electrons. The Hall–Kier alpha value is -0.770. The predicted octanol–water partition coefficient (Wildman–Crippen LogP) is 0.600. The lowest BCUT2D eigenvalue weighted by Crippen LogP contribution is -2.30. The summed E-state index contributed by atoms with van der Waals surface area (Å²) in [5, 5.41) is 2.71. The van der Waals surface area contributed by atoms with Gasteiger partial charge in [-0.3, -0.25) is 9.59 Å². The SMILES string of the molecule is CC(=O)NCCCN1CC(CCl)CC1=O. The Kier molecular flexibility index (Phi) is 4.88. The van der Waals surface area contributed by atoms with Crippen molar-refractivity contribution in [3.8, 4) is 0 Å². The zero-order valence-electron chi connectivity index (χ0n) is 8.96. The fraction of sp³-hybridized carbons (Fsp3) is 0.800. The highest BCUT2D eigenvalue weighted by atomic mass is 35.5. The van der Waals surface area contributed by atoms with Crippen molar-refractivity contribution in [2.45, 2.75) is 19.8 Å². The molecule has 0 bridgehead atoms. The molecule has 0 aromatic rings. The fourth-order valence-electron chi connectivity index (χ4n) is 1.71. The zero-order valence-corrected chi connectivity index (χ0v) is 9.72. The van der Waals surface area contributed by atoms with E-state index in [0.717, 1.165) is 13.0 Å². The Bertz CT molecular complexity index is 246. The summed E-state index contributed by atoms with van der Waals surface area (Å²) in [6, 6.07) is 0. The Labute approximate surface area is 95.0 Å². The predicted molar refractivity (Wildman–Crippen MR) is 58.7 cm³/mol. The molecule has 1 atom stereocenters. The number of hydrogen-bond donors (Lipinski definition) is 1. The van der Waals surface area contributed by atoms with Crippen LogP contribution in [-0.2, 0) is 9.59 Å². The molecule has 1 N–H and O–H groups in total. The van der Waals surface area contributed by atoms with Crippen molar-refractivity contribution < 1.29 is 9.59 Å². The zero-order chi connectivity index (χ0) is 11.3. The van der Waals surface area contributed by atoms with Crippen molar-refractivity contribution in [1.82, 2.24) is 10.2 Å². The number of carbonyl (C=O) groups excluding carboxylic acids is 2. The quantitative estimate of drug-likeness (QED) is 0.558. The van der Waals surface area contributed by atoms with Crippen molar-refractivity contribution in [2.75, 3.05) is 25.5 Å². The molecule has 1 aliphatic heterocycles. The lowest BCUT2D eigenvalue weighted by Gasteiger charge is -2.15. The van der Waals surface area contributed by atoms with Crippen molar-refractivity contribution >= 4 is 23.4 Å². The highest BCUT2D eigenvalue weighted by Gasteiger charge is 2.28. The van der Waals surface area contributed by atoms with Crippen LogP contribution in [0.25, 0.3) is 0 Å². The second kappa shape index (κ2) is 5.95. The molecule has 0 spiro atoms. The monoisotopic (exact) mass is 232 g/mol. The molecule has 15 heavy (non-hydrogen) atoms. The summed E-state index contributed by atoms with van der Waals surface area (Å²) >= 11 is 5.71. The van der Waals surface area contributed by atoms with Crippen LogP contribution in [0.3, 0.4) is 0 Å². The third-order valence-corrected chi connectivity index (χ3v) is 2.93. The maximum Gasteiger partial charge on any atom is 0.222 e. The number of alkyl halides is 1. The Balaban J connectivity index is 2.16. The molecular weight excluding hydrogens is 216 g/mol. The van der Waals surface area contributed by atoms with Crippen LogP contribution in [0.1, 0.15) is 19.8 Å². The van der Waals surface area contributed by atoms with Gasteiger partial charge in [-0.1, -0.05) is 0 Å². The van der Waals surface area contributed by atoms with E-state index in [1.807, 2.05) is 4.90 Å². The summed E-state index contributed by atoms with van der Waals surface area (Å²) in [7, 11) is 0. The van der Waals surface area contributed by atoms with Gasteiger partial charge in [0.2, 0.25) is 11.8 Å². The maximum atomic E-state index is 11.5. The summed E-state index contributed by atoms with van der Waals surface area (Å²) in [6.45, 7) is 3.60. The number of carbonyl (C=O) groups is 2. The van der Waals surface area contributed by atoms with E-state index in [9.17, 15) is 9.59 Å². The van der Waals surface area contributed by atoms with E-state index >= 15 is 0 Å². The van der Waals surface area contributed by atoms with E-state index in [1.165, 1.54) is 6.92 Å². The molecule has 1 fully saturated rings. The number of rotatable bonds is 5. The van der Waals surface area contributed by atoms with Crippen molar-refractivity contribution in [1.29, 1.82) is 0 Å². The van der Waals surface area contributed by atoms with Gasteiger partial charge < -0.3 is 10.2 Å². The van der Waals surface area contributed by atoms with Gasteiger partial charge in [0.05, 0.1) is 0 Å². The minimum absolute atomic E-state index is 0.0265. The van der Waals surface area contributed by atoms with E-state index in [2.05, 4.69) is 5.32 Å². The van der Waals surface area contributed by atoms with E-state index in [1.54, 1.807) is 0 Å². The molecule has 86 valence electrons. The minimum Gasteiger partial charge on any atom is -0.356 e. The van der Waals surface area contributed by atoms with Crippen LogP contribution in [0.2, 0.25) is 0 Å². The van der Waals surface area contributed by atoms with Crippen molar-refractivity contribution in [3.05, 3.63) is 0 Å². The van der Waals surface area contributed by atoms with Crippen LogP contribution in [-0.4, -0.2) is 42.2 Å². The molecule has 5 heteroatoms. The number of hydrogen-bond acceptors (Lipinski definition) is 2. The number of likely N-dealkylation sites (tertiary alicyclic amines) is 1. The van der Waals surface area contributed by atoms with Gasteiger partial charge >= 0.3 is 0 Å². The first-order chi connectivity index (χ1) is 7.13. The van der Waals surface area contributed by atoms with Crippen LogP contribution in [0, 0.1) is 5.92 Å². The molecule has 0 saturated carbocycles. The smallest absolute Gasteiger partial charge is 0.222 e. The van der Waals surface area contributed by atoms with Gasteiger partial charge in [0.15, 0.2) is 0 Å². The van der Waals surface area contributed by atoms with Crippen LogP contribution in [0.4, 0.5) is 0 Å². The molecule has 1 saturated heterocycles. The van der Waals surface area contributed by atoms with Crippen LogP contribution in [0.5, 0.6) is 0 Å². The number of amides is 2. The number of halogens is 1. The highest BCUT2D eigenvalue weighted by molar-refractivity contribution is 6.18. The Morgan fingerprint density at radius 2 is 2.40 bits per heavy atom. The van der Waals surface area contributed by atoms with Gasteiger partial charge in [0.25, 0.3) is 0 Å². The van der Waals surface area contributed by atoms with E-state index < -0.39 is 0 Å². The lowest BCUT2D eigenvalue weighted by molar-refractivity contribution is -0.127. The standard InChI is InChI=1S/C10H17ClN2O2/c1-8(14)12-3-2-4-13-7-9(6-11)5-10(13)15/h9H,2-7H2,1H3,(H,12,14). The van der Waals surface area contributed by atoms with Crippen LogP contribution >= 0.6 is 11.6 Å². The molecule has 0 aromatic carbocycles. The average Bonchev–Trinajstić information content (AvgIpc) is 2.54. The van der Waals surface area contributed by atoms with Gasteiger partial charge in [0.1, 0.15) is 0 Å². The first-order valence-corrected chi connectivity index (χ1v) is 5.75. The van der Waals surface area contributed by atoms with Gasteiger partial charge in [-0.05, 0) is 12.3 Å². The highest BCUT2D eigenvalue weighted by Crippen LogP contribution is 2.18. The van der Waals surface area contributed by atoms with Crippen LogP contribution in [0.15, 0.2) is 0 Å². The molecule has 0 aliphatic carbocycles. The lowest BCUT2D eigenvalue weighted by atomic mass is 10.1. The normalized spacial score (nSPS) is 20.8. The van der Waals surface area contributed by atoms with Gasteiger partial charge in [-0.15, -0.1) is 11.6 Å². The Morgan fingerprint density at radius 1 is 1.67 bits per heavy atom. The van der Waals surface area contributed by atoms with E-state index in [-0.39, 0.29) is 11.8 Å². The summed E-state index contributed by atoms with van der Waals surface area (Å²) < 4.78 is 0. The molecule has 1 aliphatic rings. The minimum atomic E-state index is -0.0265. The summed E-state index contributed by atoms with van der Waals surface area (Å²) in [4.78, 5) is 23.9. The number of nitrogens with one attached hydrogen (secondary N) is 1. The maximum absolute atomic E-state index is 11.5. The molecular formula is C10H17ClN2O2. The van der Waals surface area contributed by atoms with Crippen LogP contribution < -0.4 is 5.32 Å². The van der Waals surface area contributed by atoms with E-state index in [0.29, 0.717) is 31.3 Å².